The molecule has 0 spiro atoms. The van der Waals surface area contributed by atoms with Gasteiger partial charge >= 0.3 is 0 Å². The van der Waals surface area contributed by atoms with Gasteiger partial charge in [0, 0.05) is 13.1 Å². The third-order valence-electron chi connectivity index (χ3n) is 2.94. The molecule has 17 heavy (non-hydrogen) atoms. The van der Waals surface area contributed by atoms with Crippen molar-refractivity contribution < 1.29 is 0 Å². The molecular weight excluding hydrogens is 208 g/mol. The van der Waals surface area contributed by atoms with Gasteiger partial charge in [0.15, 0.2) is 0 Å². The predicted octanol–water partition coefficient (Wildman–Crippen LogP) is 2.88. The van der Waals surface area contributed by atoms with E-state index in [1.807, 2.05) is 7.05 Å². The van der Waals surface area contributed by atoms with Gasteiger partial charge in [0.25, 0.3) is 0 Å². The maximum absolute atomic E-state index is 3.17. The third kappa shape index (κ3) is 5.85. The minimum atomic E-state index is 0.787. The van der Waals surface area contributed by atoms with Crippen molar-refractivity contribution >= 4 is 0 Å². The summed E-state index contributed by atoms with van der Waals surface area (Å²) in [5.41, 5.74) is 2.75. The summed E-state index contributed by atoms with van der Waals surface area (Å²) in [5, 5.41) is 3.17. The van der Waals surface area contributed by atoms with Crippen LogP contribution in [0.5, 0.6) is 0 Å². The SMILES string of the molecule is CNCc1ccc(CN(C)CCC(C)C)cc1. The first-order valence-corrected chi connectivity index (χ1v) is 6.52. The molecule has 0 saturated heterocycles. The summed E-state index contributed by atoms with van der Waals surface area (Å²) in [4.78, 5) is 2.40. The fourth-order valence-electron chi connectivity index (χ4n) is 1.84. The van der Waals surface area contributed by atoms with Crippen molar-refractivity contribution in [3.63, 3.8) is 0 Å². The van der Waals surface area contributed by atoms with E-state index in [0.717, 1.165) is 19.0 Å². The lowest BCUT2D eigenvalue weighted by Gasteiger charge is -2.18. The Labute approximate surface area is 106 Å². The largest absolute Gasteiger partial charge is 0.316 e. The lowest BCUT2D eigenvalue weighted by molar-refractivity contribution is 0.303. The molecule has 0 aliphatic carbocycles. The molecular formula is C15H26N2. The van der Waals surface area contributed by atoms with Gasteiger partial charge in [-0.15, -0.1) is 0 Å². The quantitative estimate of drug-likeness (QED) is 0.780. The molecule has 0 unspecified atom stereocenters. The fraction of sp³-hybridized carbons (Fsp3) is 0.600. The second-order valence-corrected chi connectivity index (χ2v) is 5.27. The maximum atomic E-state index is 3.17. The second-order valence-electron chi connectivity index (χ2n) is 5.27. The summed E-state index contributed by atoms with van der Waals surface area (Å²) < 4.78 is 0. The molecule has 0 heterocycles. The lowest BCUT2D eigenvalue weighted by atomic mass is 10.1. The Morgan fingerprint density at radius 3 is 2.24 bits per heavy atom. The molecule has 2 heteroatoms. The van der Waals surface area contributed by atoms with Crippen molar-refractivity contribution in [1.82, 2.24) is 10.2 Å². The van der Waals surface area contributed by atoms with Crippen molar-refractivity contribution in [2.45, 2.75) is 33.4 Å². The number of nitrogens with one attached hydrogen (secondary N) is 1. The van der Waals surface area contributed by atoms with Gasteiger partial charge in [-0.25, -0.2) is 0 Å². The summed E-state index contributed by atoms with van der Waals surface area (Å²) in [6, 6.07) is 8.89. The molecule has 0 amide bonds. The smallest absolute Gasteiger partial charge is 0.0230 e. The number of benzene rings is 1. The Morgan fingerprint density at radius 2 is 1.71 bits per heavy atom. The zero-order valence-corrected chi connectivity index (χ0v) is 11.7. The minimum absolute atomic E-state index is 0.787. The molecule has 0 fully saturated rings. The molecule has 1 aromatic rings. The van der Waals surface area contributed by atoms with Crippen LogP contribution in [0.1, 0.15) is 31.4 Å². The highest BCUT2D eigenvalue weighted by molar-refractivity contribution is 5.22. The average molecular weight is 234 g/mol. The molecule has 1 rings (SSSR count). The van der Waals surface area contributed by atoms with Crippen LogP contribution in [0.15, 0.2) is 24.3 Å². The fourth-order valence-corrected chi connectivity index (χ4v) is 1.84. The first kappa shape index (κ1) is 14.2. The molecule has 0 saturated carbocycles. The van der Waals surface area contributed by atoms with Crippen molar-refractivity contribution in [2.75, 3.05) is 20.6 Å². The lowest BCUT2D eigenvalue weighted by Crippen LogP contribution is -2.20. The van der Waals surface area contributed by atoms with Gasteiger partial charge < -0.3 is 10.2 Å². The summed E-state index contributed by atoms with van der Waals surface area (Å²) in [7, 11) is 4.18. The molecule has 0 bridgehead atoms. The maximum Gasteiger partial charge on any atom is 0.0230 e. The first-order valence-electron chi connectivity index (χ1n) is 6.52. The van der Waals surface area contributed by atoms with Gasteiger partial charge in [-0.2, -0.15) is 0 Å². The molecule has 0 atom stereocenters. The normalized spacial score (nSPS) is 11.4. The Hall–Kier alpha value is -0.860. The molecule has 0 aliphatic rings. The van der Waals surface area contributed by atoms with E-state index in [2.05, 4.69) is 55.4 Å². The van der Waals surface area contributed by atoms with E-state index in [4.69, 9.17) is 0 Å². The highest BCUT2D eigenvalue weighted by atomic mass is 15.1. The number of rotatable bonds is 7. The van der Waals surface area contributed by atoms with Crippen LogP contribution < -0.4 is 5.32 Å². The highest BCUT2D eigenvalue weighted by Crippen LogP contribution is 2.08. The summed E-state index contributed by atoms with van der Waals surface area (Å²) in [6.07, 6.45) is 1.27. The minimum Gasteiger partial charge on any atom is -0.316 e. The Kier molecular flexibility index (Phi) is 6.23. The topological polar surface area (TPSA) is 15.3 Å². The van der Waals surface area contributed by atoms with Crippen molar-refractivity contribution in [3.8, 4) is 0 Å². The third-order valence-corrected chi connectivity index (χ3v) is 2.94. The van der Waals surface area contributed by atoms with Crippen molar-refractivity contribution in [3.05, 3.63) is 35.4 Å². The number of nitrogens with zero attached hydrogens (tertiary/aromatic N) is 1. The van der Waals surface area contributed by atoms with Gasteiger partial charge in [-0.3, -0.25) is 0 Å². The van der Waals surface area contributed by atoms with E-state index in [0.29, 0.717) is 0 Å². The van der Waals surface area contributed by atoms with Gasteiger partial charge in [0.1, 0.15) is 0 Å². The van der Waals surface area contributed by atoms with Crippen LogP contribution in [-0.2, 0) is 13.1 Å². The molecule has 96 valence electrons. The van der Waals surface area contributed by atoms with Crippen LogP contribution in [0, 0.1) is 5.92 Å². The summed E-state index contributed by atoms with van der Waals surface area (Å²) in [6.45, 7) is 7.73. The van der Waals surface area contributed by atoms with Crippen LogP contribution in [-0.4, -0.2) is 25.5 Å². The van der Waals surface area contributed by atoms with Crippen molar-refractivity contribution in [1.29, 1.82) is 0 Å². The van der Waals surface area contributed by atoms with Crippen molar-refractivity contribution in [2.24, 2.45) is 5.92 Å². The highest BCUT2D eigenvalue weighted by Gasteiger charge is 2.02. The Morgan fingerprint density at radius 1 is 1.12 bits per heavy atom. The standard InChI is InChI=1S/C15H26N2/c1-13(2)9-10-17(4)12-15-7-5-14(6-8-15)11-16-3/h5-8,13,16H,9-12H2,1-4H3. The number of hydrogen-bond acceptors (Lipinski definition) is 2. The average Bonchev–Trinajstić information content (AvgIpc) is 2.29. The van der Waals surface area contributed by atoms with E-state index in [-0.39, 0.29) is 0 Å². The second kappa shape index (κ2) is 7.46. The van der Waals surface area contributed by atoms with Gasteiger partial charge in [0.2, 0.25) is 0 Å². The van der Waals surface area contributed by atoms with Crippen LogP contribution in [0.3, 0.4) is 0 Å². The molecule has 2 nitrogen and oxygen atoms in total. The van der Waals surface area contributed by atoms with Crippen LogP contribution in [0.25, 0.3) is 0 Å². The first-order chi connectivity index (χ1) is 8.11. The summed E-state index contributed by atoms with van der Waals surface area (Å²) >= 11 is 0. The Balaban J connectivity index is 2.40. The zero-order valence-electron chi connectivity index (χ0n) is 11.7. The zero-order chi connectivity index (χ0) is 12.7. The van der Waals surface area contributed by atoms with Gasteiger partial charge in [0.05, 0.1) is 0 Å². The number of hydrogen-bond donors (Lipinski definition) is 1. The molecule has 0 aliphatic heterocycles. The van der Waals surface area contributed by atoms with Gasteiger partial charge in [-0.05, 0) is 44.1 Å². The van der Waals surface area contributed by atoms with E-state index >= 15 is 0 Å². The van der Waals surface area contributed by atoms with Gasteiger partial charge in [-0.1, -0.05) is 38.1 Å². The predicted molar refractivity (Wildman–Crippen MR) is 75.0 cm³/mol. The monoisotopic (exact) mass is 234 g/mol. The summed E-state index contributed by atoms with van der Waals surface area (Å²) in [5.74, 6) is 0.787. The molecule has 0 aromatic heterocycles. The van der Waals surface area contributed by atoms with Crippen LogP contribution in [0.4, 0.5) is 0 Å². The van der Waals surface area contributed by atoms with E-state index in [9.17, 15) is 0 Å². The van der Waals surface area contributed by atoms with E-state index < -0.39 is 0 Å². The van der Waals surface area contributed by atoms with Crippen LogP contribution >= 0.6 is 0 Å². The van der Waals surface area contributed by atoms with Crippen LogP contribution in [0.2, 0.25) is 0 Å². The molecule has 1 aromatic carbocycles. The molecule has 1 N–H and O–H groups in total. The van der Waals surface area contributed by atoms with E-state index in [1.54, 1.807) is 0 Å². The van der Waals surface area contributed by atoms with E-state index in [1.165, 1.54) is 24.1 Å². The molecule has 0 radical (unpaired) electrons. The Bertz CT molecular complexity index is 303.